The number of hydrogen-bond donors (Lipinski definition) is 2. The van der Waals surface area contributed by atoms with Gasteiger partial charge in [-0.15, -0.1) is 0 Å². The normalized spacial score (nSPS) is 34.3. The highest BCUT2D eigenvalue weighted by Gasteiger charge is 2.73. The van der Waals surface area contributed by atoms with Gasteiger partial charge in [0.15, 0.2) is 11.5 Å². The molecule has 5 aliphatic rings. The summed E-state index contributed by atoms with van der Waals surface area (Å²) in [5.41, 5.74) is 2.76. The Kier molecular flexibility index (Phi) is 6.28. The van der Waals surface area contributed by atoms with Crippen LogP contribution in [0.1, 0.15) is 83.3 Å². The van der Waals surface area contributed by atoms with E-state index in [0.717, 1.165) is 61.4 Å². The van der Waals surface area contributed by atoms with E-state index in [1.807, 2.05) is 13.0 Å². The molecule has 0 radical (unpaired) electrons. The smallest absolute Gasteiger partial charge is 0.336 e. The van der Waals surface area contributed by atoms with Gasteiger partial charge in [-0.3, -0.25) is 4.90 Å². The van der Waals surface area contributed by atoms with Gasteiger partial charge in [-0.1, -0.05) is 29.7 Å². The van der Waals surface area contributed by atoms with Gasteiger partial charge in [0.2, 0.25) is 0 Å². The van der Waals surface area contributed by atoms with Crippen molar-refractivity contribution in [1.82, 2.24) is 4.90 Å². The molecule has 3 fully saturated rings. The van der Waals surface area contributed by atoms with E-state index in [4.69, 9.17) is 9.47 Å². The number of ether oxygens (including phenoxy) is 2. The van der Waals surface area contributed by atoms with Crippen LogP contribution in [0.5, 0.6) is 11.5 Å². The number of esters is 1. The van der Waals surface area contributed by atoms with Gasteiger partial charge in [-0.05, 0) is 96.2 Å². The second-order valence-electron chi connectivity index (χ2n) is 12.5. The highest BCUT2D eigenvalue weighted by atomic mass is 16.6. The lowest BCUT2D eigenvalue weighted by molar-refractivity contribution is -0.209. The van der Waals surface area contributed by atoms with Crippen molar-refractivity contribution in [1.29, 1.82) is 0 Å². The first kappa shape index (κ1) is 25.1. The summed E-state index contributed by atoms with van der Waals surface area (Å²) in [5.74, 6) is 1.27. The van der Waals surface area contributed by atoms with E-state index in [0.29, 0.717) is 24.3 Å². The lowest BCUT2D eigenvalue weighted by atomic mass is 9.48. The van der Waals surface area contributed by atoms with E-state index in [-0.39, 0.29) is 6.04 Å². The van der Waals surface area contributed by atoms with Crippen LogP contribution in [0.4, 0.5) is 0 Å². The van der Waals surface area contributed by atoms with Gasteiger partial charge in [0.1, 0.15) is 6.10 Å². The lowest BCUT2D eigenvalue weighted by Gasteiger charge is -2.64. The minimum absolute atomic E-state index is 0.0266. The third-order valence-electron chi connectivity index (χ3n) is 9.91. The number of allylic oxidation sites excluding steroid dienone is 3. The maximum Gasteiger partial charge on any atom is 0.336 e. The van der Waals surface area contributed by atoms with Crippen molar-refractivity contribution in [3.63, 3.8) is 0 Å². The van der Waals surface area contributed by atoms with Crippen molar-refractivity contribution in [3.05, 3.63) is 46.6 Å². The molecule has 2 N–H and O–H groups in total. The third-order valence-corrected chi connectivity index (χ3v) is 9.91. The van der Waals surface area contributed by atoms with E-state index in [1.165, 1.54) is 24.8 Å². The Balaban J connectivity index is 1.32. The van der Waals surface area contributed by atoms with Gasteiger partial charge in [0, 0.05) is 24.2 Å². The summed E-state index contributed by atoms with van der Waals surface area (Å²) in [6.07, 6.45) is 10.7. The number of benzene rings is 1. The minimum Gasteiger partial charge on any atom is -0.482 e. The number of rotatable bonds is 7. The second-order valence-corrected chi connectivity index (χ2v) is 12.5. The summed E-state index contributed by atoms with van der Waals surface area (Å²) in [6, 6.07) is 3.93. The molecule has 6 heteroatoms. The summed E-state index contributed by atoms with van der Waals surface area (Å²) in [7, 11) is 0. The molecule has 2 aliphatic heterocycles. The molecule has 6 rings (SSSR count). The Bertz CT molecular complexity index is 1150. The van der Waals surface area contributed by atoms with Gasteiger partial charge >= 0.3 is 5.97 Å². The van der Waals surface area contributed by atoms with Crippen LogP contribution in [0.2, 0.25) is 0 Å². The first-order valence-electron chi connectivity index (χ1n) is 14.2. The number of carbonyl (C=O) groups excluding carboxylic acids is 1. The van der Waals surface area contributed by atoms with Crippen molar-refractivity contribution in [2.75, 3.05) is 13.1 Å². The van der Waals surface area contributed by atoms with E-state index in [2.05, 4.69) is 30.9 Å². The average Bonchev–Trinajstić information content (AvgIpc) is 3.16. The fourth-order valence-electron chi connectivity index (χ4n) is 7.90. The molecular weight excluding hydrogens is 466 g/mol. The maximum absolute atomic E-state index is 12.8. The van der Waals surface area contributed by atoms with Crippen LogP contribution in [0.15, 0.2) is 35.4 Å². The Morgan fingerprint density at radius 3 is 2.76 bits per heavy atom. The molecule has 1 aromatic carbocycles. The van der Waals surface area contributed by atoms with Crippen LogP contribution < -0.4 is 9.47 Å². The van der Waals surface area contributed by atoms with Crippen LogP contribution in [0, 0.1) is 5.92 Å². The molecule has 0 aromatic heterocycles. The summed E-state index contributed by atoms with van der Waals surface area (Å²) in [4.78, 5) is 15.4. The van der Waals surface area contributed by atoms with Gasteiger partial charge < -0.3 is 19.7 Å². The van der Waals surface area contributed by atoms with Crippen LogP contribution in [0.3, 0.4) is 0 Å². The van der Waals surface area contributed by atoms with E-state index < -0.39 is 29.2 Å². The first-order chi connectivity index (χ1) is 17.7. The van der Waals surface area contributed by atoms with E-state index in [9.17, 15) is 15.0 Å². The van der Waals surface area contributed by atoms with Crippen molar-refractivity contribution in [2.45, 2.75) is 108 Å². The Hall–Kier alpha value is -2.15. The fraction of sp³-hybridized carbons (Fsp3) is 0.645. The molecule has 1 aromatic rings. The standard InChI is InChI=1S/C31H41NO5/c1-19(2)6-4-7-20(3)16-26(34)36-24-11-10-22-17-25-31(35)13-12-23(33)29-30(31,27(22)28(24)37-29)14-15-32(25)18-21-8-5-9-21/h6,10-11,16,21,23,25,29,33,35H,4-5,7-9,12-15,17-18H2,1-3H3/b20-16+. The predicted octanol–water partition coefficient (Wildman–Crippen LogP) is 4.60. The lowest BCUT2D eigenvalue weighted by Crippen LogP contribution is -2.77. The largest absolute Gasteiger partial charge is 0.482 e. The molecule has 5 unspecified atom stereocenters. The molecule has 2 bridgehead atoms. The molecule has 2 saturated carbocycles. The summed E-state index contributed by atoms with van der Waals surface area (Å²) >= 11 is 0. The molecule has 2 heterocycles. The molecule has 200 valence electrons. The summed E-state index contributed by atoms with van der Waals surface area (Å²) < 4.78 is 12.3. The first-order valence-corrected chi connectivity index (χ1v) is 14.2. The molecule has 37 heavy (non-hydrogen) atoms. The fourth-order valence-corrected chi connectivity index (χ4v) is 7.90. The monoisotopic (exact) mass is 507 g/mol. The SMILES string of the molecule is CC(C)=CCC/C(C)=C/C(=O)Oc1ccc2c3c1OC1C(O)CCC4(O)C(C2)N(CC2CCC2)CCC314. The zero-order chi connectivity index (χ0) is 25.9. The van der Waals surface area contributed by atoms with Crippen molar-refractivity contribution in [3.8, 4) is 11.5 Å². The van der Waals surface area contributed by atoms with Crippen molar-refractivity contribution >= 4 is 5.97 Å². The number of carbonyl (C=O) groups is 1. The quantitative estimate of drug-likeness (QED) is 0.243. The second kappa shape index (κ2) is 9.25. The highest BCUT2D eigenvalue weighted by molar-refractivity contribution is 5.85. The molecule has 1 saturated heterocycles. The average molecular weight is 508 g/mol. The number of piperidine rings is 1. The molecule has 1 spiro atoms. The van der Waals surface area contributed by atoms with Crippen LogP contribution in [0.25, 0.3) is 0 Å². The minimum atomic E-state index is -0.957. The third kappa shape index (κ3) is 3.90. The van der Waals surface area contributed by atoms with E-state index >= 15 is 0 Å². The number of aliphatic hydroxyl groups excluding tert-OH is 1. The Labute approximate surface area is 220 Å². The van der Waals surface area contributed by atoms with Crippen molar-refractivity contribution < 1.29 is 24.5 Å². The number of hydrogen-bond acceptors (Lipinski definition) is 6. The van der Waals surface area contributed by atoms with Crippen LogP contribution >= 0.6 is 0 Å². The van der Waals surface area contributed by atoms with Crippen LogP contribution in [-0.4, -0.2) is 58.0 Å². The maximum atomic E-state index is 12.8. The van der Waals surface area contributed by atoms with E-state index in [1.54, 1.807) is 6.08 Å². The number of likely N-dealkylation sites (tertiary alicyclic amines) is 1. The Morgan fingerprint density at radius 2 is 2.03 bits per heavy atom. The zero-order valence-electron chi connectivity index (χ0n) is 22.5. The van der Waals surface area contributed by atoms with Gasteiger partial charge in [0.05, 0.1) is 17.1 Å². The highest BCUT2D eigenvalue weighted by Crippen LogP contribution is 2.65. The van der Waals surface area contributed by atoms with Gasteiger partial charge in [-0.25, -0.2) is 4.79 Å². The van der Waals surface area contributed by atoms with Crippen LogP contribution in [-0.2, 0) is 16.6 Å². The summed E-state index contributed by atoms with van der Waals surface area (Å²) in [5, 5.41) is 23.6. The van der Waals surface area contributed by atoms with Gasteiger partial charge in [0.25, 0.3) is 0 Å². The number of nitrogens with zero attached hydrogens (tertiary/aromatic N) is 1. The molecular formula is C31H41NO5. The molecule has 3 aliphatic carbocycles. The zero-order valence-corrected chi connectivity index (χ0v) is 22.5. The summed E-state index contributed by atoms with van der Waals surface area (Å²) in [6.45, 7) is 8.04. The number of aliphatic hydroxyl groups is 2. The molecule has 0 amide bonds. The Morgan fingerprint density at radius 1 is 1.22 bits per heavy atom. The van der Waals surface area contributed by atoms with Gasteiger partial charge in [-0.2, -0.15) is 0 Å². The topological polar surface area (TPSA) is 79.2 Å². The van der Waals surface area contributed by atoms with Crippen molar-refractivity contribution in [2.24, 2.45) is 5.92 Å². The molecule has 6 nitrogen and oxygen atoms in total. The predicted molar refractivity (Wildman–Crippen MR) is 142 cm³/mol. The molecule has 5 atom stereocenters.